The molecule has 0 radical (unpaired) electrons. The second kappa shape index (κ2) is 5.89. The van der Waals surface area contributed by atoms with Crippen molar-refractivity contribution >= 4 is 23.2 Å². The van der Waals surface area contributed by atoms with E-state index < -0.39 is 0 Å². The van der Waals surface area contributed by atoms with Crippen LogP contribution in [0.1, 0.15) is 25.1 Å². The molecule has 0 saturated carbocycles. The van der Waals surface area contributed by atoms with Crippen LogP contribution in [-0.2, 0) is 4.79 Å². The van der Waals surface area contributed by atoms with Crippen molar-refractivity contribution in [3.05, 3.63) is 47.2 Å². The van der Waals surface area contributed by atoms with E-state index >= 15 is 0 Å². The number of para-hydroxylation sites is 1. The van der Waals surface area contributed by atoms with Crippen molar-refractivity contribution in [2.45, 2.75) is 26.3 Å². The van der Waals surface area contributed by atoms with Crippen LogP contribution in [0.4, 0.5) is 5.69 Å². The molecule has 0 unspecified atom stereocenters. The average Bonchev–Trinajstić information content (AvgIpc) is 2.79. The molecule has 0 bridgehead atoms. The van der Waals surface area contributed by atoms with E-state index in [9.17, 15) is 4.79 Å². The summed E-state index contributed by atoms with van der Waals surface area (Å²) in [5.41, 5.74) is 1.58. The van der Waals surface area contributed by atoms with Gasteiger partial charge in [-0.05, 0) is 32.0 Å². The first kappa shape index (κ1) is 13.6. The van der Waals surface area contributed by atoms with E-state index in [2.05, 4.69) is 10.4 Å². The lowest BCUT2D eigenvalue weighted by molar-refractivity contribution is -0.116. The summed E-state index contributed by atoms with van der Waals surface area (Å²) in [5, 5.41) is 7.64. The predicted octanol–water partition coefficient (Wildman–Crippen LogP) is 3.43. The van der Waals surface area contributed by atoms with Crippen LogP contribution in [0.15, 0.2) is 36.5 Å². The summed E-state index contributed by atoms with van der Waals surface area (Å²) in [7, 11) is 0. The first-order valence-corrected chi connectivity index (χ1v) is 6.50. The largest absolute Gasteiger partial charge is 0.325 e. The molecule has 1 amide bonds. The third-order valence-corrected chi connectivity index (χ3v) is 3.15. The van der Waals surface area contributed by atoms with Crippen LogP contribution in [0.5, 0.6) is 0 Å². The molecule has 0 fully saturated rings. The second-order valence-electron chi connectivity index (χ2n) is 4.52. The van der Waals surface area contributed by atoms with Crippen molar-refractivity contribution in [1.82, 2.24) is 9.78 Å². The molecule has 0 aliphatic rings. The number of nitrogens with zero attached hydrogens (tertiary/aromatic N) is 2. The van der Waals surface area contributed by atoms with Gasteiger partial charge in [-0.25, -0.2) is 0 Å². The summed E-state index contributed by atoms with van der Waals surface area (Å²) >= 11 is 5.99. The monoisotopic (exact) mass is 277 g/mol. The number of hydrogen-bond donors (Lipinski definition) is 1. The molecule has 1 N–H and O–H groups in total. The lowest BCUT2D eigenvalue weighted by Gasteiger charge is -2.12. The third-order valence-electron chi connectivity index (χ3n) is 2.82. The average molecular weight is 278 g/mol. The van der Waals surface area contributed by atoms with Gasteiger partial charge in [0.25, 0.3) is 0 Å². The van der Waals surface area contributed by atoms with E-state index in [1.807, 2.05) is 38.2 Å². The van der Waals surface area contributed by atoms with E-state index in [4.69, 9.17) is 11.6 Å². The topological polar surface area (TPSA) is 46.9 Å². The highest BCUT2D eigenvalue weighted by atomic mass is 35.5. The van der Waals surface area contributed by atoms with Crippen molar-refractivity contribution in [3.8, 4) is 0 Å². The Labute approximate surface area is 117 Å². The number of carbonyl (C=O) groups excluding carboxylic acids is 1. The molecule has 5 heteroatoms. The summed E-state index contributed by atoms with van der Waals surface area (Å²) in [6, 6.07) is 9.12. The van der Waals surface area contributed by atoms with Gasteiger partial charge in [-0.2, -0.15) is 5.10 Å². The minimum absolute atomic E-state index is 0.0104. The van der Waals surface area contributed by atoms with Crippen LogP contribution in [-0.4, -0.2) is 15.7 Å². The Morgan fingerprint density at radius 3 is 2.79 bits per heavy atom. The Morgan fingerprint density at radius 2 is 2.16 bits per heavy atom. The van der Waals surface area contributed by atoms with E-state index in [1.54, 1.807) is 16.8 Å². The first-order chi connectivity index (χ1) is 9.06. The van der Waals surface area contributed by atoms with Gasteiger partial charge < -0.3 is 5.32 Å². The maximum Gasteiger partial charge on any atom is 0.226 e. The Morgan fingerprint density at radius 1 is 1.42 bits per heavy atom. The van der Waals surface area contributed by atoms with Crippen LogP contribution in [0.25, 0.3) is 0 Å². The van der Waals surface area contributed by atoms with Gasteiger partial charge in [-0.1, -0.05) is 23.7 Å². The zero-order valence-electron chi connectivity index (χ0n) is 10.9. The molecule has 0 saturated heterocycles. The maximum atomic E-state index is 11.9. The molecule has 0 spiro atoms. The molecule has 1 atom stereocenters. The van der Waals surface area contributed by atoms with E-state index in [0.29, 0.717) is 17.1 Å². The van der Waals surface area contributed by atoms with Gasteiger partial charge in [-0.15, -0.1) is 0 Å². The molecule has 1 heterocycles. The van der Waals surface area contributed by atoms with E-state index in [0.717, 1.165) is 5.69 Å². The SMILES string of the molecule is Cc1ccn([C@H](C)CC(=O)Nc2ccccc2Cl)n1. The highest BCUT2D eigenvalue weighted by Gasteiger charge is 2.12. The maximum absolute atomic E-state index is 11.9. The zero-order chi connectivity index (χ0) is 13.8. The fraction of sp³-hybridized carbons (Fsp3) is 0.286. The normalized spacial score (nSPS) is 12.2. The molecule has 1 aromatic heterocycles. The molecule has 0 aliphatic heterocycles. The first-order valence-electron chi connectivity index (χ1n) is 6.12. The molecule has 2 rings (SSSR count). The number of carbonyl (C=O) groups is 1. The van der Waals surface area contributed by atoms with Crippen molar-refractivity contribution in [2.24, 2.45) is 0 Å². The van der Waals surface area contributed by atoms with Gasteiger partial charge in [0, 0.05) is 12.6 Å². The number of aromatic nitrogens is 2. The molecule has 4 nitrogen and oxygen atoms in total. The smallest absolute Gasteiger partial charge is 0.226 e. The Balaban J connectivity index is 1.96. The number of halogens is 1. The summed E-state index contributed by atoms with van der Waals surface area (Å²) in [6.07, 6.45) is 2.23. The van der Waals surface area contributed by atoms with Crippen molar-refractivity contribution in [2.75, 3.05) is 5.32 Å². The molecule has 0 aliphatic carbocycles. The lowest BCUT2D eigenvalue weighted by Crippen LogP contribution is -2.18. The molecule has 19 heavy (non-hydrogen) atoms. The van der Waals surface area contributed by atoms with Gasteiger partial charge in [0.1, 0.15) is 0 Å². The number of nitrogens with one attached hydrogen (secondary N) is 1. The molecule has 100 valence electrons. The molecular formula is C14H16ClN3O. The minimum atomic E-state index is -0.0752. The van der Waals surface area contributed by atoms with Gasteiger partial charge in [0.15, 0.2) is 0 Å². The van der Waals surface area contributed by atoms with Crippen LogP contribution in [0, 0.1) is 6.92 Å². The van der Waals surface area contributed by atoms with Crippen LogP contribution < -0.4 is 5.32 Å². The number of rotatable bonds is 4. The number of aryl methyl sites for hydroxylation is 1. The minimum Gasteiger partial charge on any atom is -0.325 e. The quantitative estimate of drug-likeness (QED) is 0.931. The summed E-state index contributed by atoms with van der Waals surface area (Å²) in [6.45, 7) is 3.88. The lowest BCUT2D eigenvalue weighted by atomic mass is 10.2. The predicted molar refractivity (Wildman–Crippen MR) is 76.4 cm³/mol. The van der Waals surface area contributed by atoms with Gasteiger partial charge in [-0.3, -0.25) is 9.48 Å². The summed E-state index contributed by atoms with van der Waals surface area (Å²) < 4.78 is 1.79. The number of anilines is 1. The van der Waals surface area contributed by atoms with Crippen LogP contribution >= 0.6 is 11.6 Å². The highest BCUT2D eigenvalue weighted by molar-refractivity contribution is 6.33. The standard InChI is InChI=1S/C14H16ClN3O/c1-10-7-8-18(17-10)11(2)9-14(19)16-13-6-4-3-5-12(13)15/h3-8,11H,9H2,1-2H3,(H,16,19)/t11-/m1/s1. The van der Waals surface area contributed by atoms with Gasteiger partial charge in [0.2, 0.25) is 5.91 Å². The molecule has 2 aromatic rings. The highest BCUT2D eigenvalue weighted by Crippen LogP contribution is 2.21. The van der Waals surface area contributed by atoms with Crippen molar-refractivity contribution in [1.29, 1.82) is 0 Å². The summed E-state index contributed by atoms with van der Waals surface area (Å²) in [5.74, 6) is -0.0752. The third kappa shape index (κ3) is 3.58. The van der Waals surface area contributed by atoms with Gasteiger partial charge >= 0.3 is 0 Å². The van der Waals surface area contributed by atoms with Gasteiger partial charge in [0.05, 0.1) is 22.4 Å². The summed E-state index contributed by atoms with van der Waals surface area (Å²) in [4.78, 5) is 11.9. The Bertz CT molecular complexity index is 580. The second-order valence-corrected chi connectivity index (χ2v) is 4.93. The Hall–Kier alpha value is -1.81. The fourth-order valence-corrected chi connectivity index (χ4v) is 1.99. The number of benzene rings is 1. The Kier molecular flexibility index (Phi) is 4.22. The molecular weight excluding hydrogens is 262 g/mol. The molecule has 1 aromatic carbocycles. The fourth-order valence-electron chi connectivity index (χ4n) is 1.80. The van der Waals surface area contributed by atoms with Crippen LogP contribution in [0.2, 0.25) is 5.02 Å². The van der Waals surface area contributed by atoms with Crippen molar-refractivity contribution in [3.63, 3.8) is 0 Å². The number of hydrogen-bond acceptors (Lipinski definition) is 2. The van der Waals surface area contributed by atoms with Crippen LogP contribution in [0.3, 0.4) is 0 Å². The van der Waals surface area contributed by atoms with E-state index in [-0.39, 0.29) is 11.9 Å². The van der Waals surface area contributed by atoms with E-state index in [1.165, 1.54) is 0 Å². The zero-order valence-corrected chi connectivity index (χ0v) is 11.7. The van der Waals surface area contributed by atoms with Crippen molar-refractivity contribution < 1.29 is 4.79 Å². The number of amides is 1.